The van der Waals surface area contributed by atoms with Crippen LogP contribution in [0.25, 0.3) is 0 Å². The predicted octanol–water partition coefficient (Wildman–Crippen LogP) is 5.49. The number of rotatable bonds is 2. The summed E-state index contributed by atoms with van der Waals surface area (Å²) in [7, 11) is 0. The van der Waals surface area contributed by atoms with Gasteiger partial charge in [0.15, 0.2) is 0 Å². The molecule has 3 rings (SSSR count). The van der Waals surface area contributed by atoms with Gasteiger partial charge < -0.3 is 0 Å². The third kappa shape index (κ3) is 4.64. The van der Waals surface area contributed by atoms with Crippen molar-refractivity contribution >= 4 is 40.5 Å². The largest absolute Gasteiger partial charge is 0.416 e. The van der Waals surface area contributed by atoms with E-state index in [1.807, 2.05) is 32.5 Å². The number of amidine groups is 1. The van der Waals surface area contributed by atoms with Crippen molar-refractivity contribution in [1.82, 2.24) is 4.90 Å². The van der Waals surface area contributed by atoms with Crippen LogP contribution >= 0.6 is 24.0 Å². The molecule has 1 aromatic carbocycles. The molecule has 3 nitrogen and oxygen atoms in total. The van der Waals surface area contributed by atoms with Crippen molar-refractivity contribution in [3.05, 3.63) is 29.8 Å². The zero-order valence-corrected chi connectivity index (χ0v) is 19.1. The van der Waals surface area contributed by atoms with Crippen molar-refractivity contribution in [2.45, 2.75) is 52.4 Å². The van der Waals surface area contributed by atoms with Crippen LogP contribution in [0.3, 0.4) is 0 Å². The highest BCUT2D eigenvalue weighted by molar-refractivity contribution is 7.99. The molecule has 0 bridgehead atoms. The van der Waals surface area contributed by atoms with E-state index >= 15 is 0 Å². The first-order chi connectivity index (χ1) is 13.3. The van der Waals surface area contributed by atoms with Gasteiger partial charge in [-0.15, -0.1) is 0 Å². The zero-order chi connectivity index (χ0) is 21.6. The smallest absolute Gasteiger partial charge is 0.291 e. The van der Waals surface area contributed by atoms with Crippen LogP contribution in [-0.2, 0) is 6.18 Å². The Morgan fingerprint density at radius 2 is 1.76 bits per heavy atom. The molecule has 0 aromatic heterocycles. The fourth-order valence-electron chi connectivity index (χ4n) is 3.94. The Hall–Kier alpha value is -1.12. The molecule has 0 N–H and O–H groups in total. The SMILES string of the molecule is CC(C)(C)N=C1C(N2CCSCC2)C(C)(C)C(=S)N1c1cccc(C(F)(F)F)c1. The van der Waals surface area contributed by atoms with Crippen LogP contribution in [0.5, 0.6) is 0 Å². The zero-order valence-electron chi connectivity index (χ0n) is 17.5. The Morgan fingerprint density at radius 3 is 2.31 bits per heavy atom. The number of halogens is 3. The highest BCUT2D eigenvalue weighted by atomic mass is 32.2. The van der Waals surface area contributed by atoms with E-state index < -0.39 is 17.2 Å². The van der Waals surface area contributed by atoms with Gasteiger partial charge in [0, 0.05) is 35.7 Å². The number of thioether (sulfide) groups is 1. The van der Waals surface area contributed by atoms with Gasteiger partial charge in [-0.3, -0.25) is 14.8 Å². The second-order valence-corrected chi connectivity index (χ2v) is 10.7. The van der Waals surface area contributed by atoms with Crippen LogP contribution in [-0.4, -0.2) is 51.9 Å². The second-order valence-electron chi connectivity index (χ2n) is 9.10. The summed E-state index contributed by atoms with van der Waals surface area (Å²) in [6.07, 6.45) is -4.41. The van der Waals surface area contributed by atoms with E-state index in [1.165, 1.54) is 12.1 Å². The van der Waals surface area contributed by atoms with Crippen molar-refractivity contribution < 1.29 is 13.2 Å². The molecule has 2 aliphatic rings. The summed E-state index contributed by atoms with van der Waals surface area (Å²) in [4.78, 5) is 9.77. The van der Waals surface area contributed by atoms with Crippen molar-refractivity contribution in [2.75, 3.05) is 29.5 Å². The molecule has 160 valence electrons. The lowest BCUT2D eigenvalue weighted by Crippen LogP contribution is -2.51. The lowest BCUT2D eigenvalue weighted by Gasteiger charge is -2.38. The van der Waals surface area contributed by atoms with E-state index in [2.05, 4.69) is 18.7 Å². The fraction of sp³-hybridized carbons (Fsp3) is 0.619. The van der Waals surface area contributed by atoms with Gasteiger partial charge in [0.1, 0.15) is 5.84 Å². The minimum Gasteiger partial charge on any atom is -0.291 e. The Morgan fingerprint density at radius 1 is 1.14 bits per heavy atom. The maximum atomic E-state index is 13.3. The van der Waals surface area contributed by atoms with Crippen LogP contribution < -0.4 is 4.90 Å². The average Bonchev–Trinajstić information content (AvgIpc) is 2.79. The maximum absolute atomic E-state index is 13.3. The van der Waals surface area contributed by atoms with E-state index in [4.69, 9.17) is 17.2 Å². The number of benzene rings is 1. The summed E-state index contributed by atoms with van der Waals surface area (Å²) in [6.45, 7) is 12.0. The number of anilines is 1. The van der Waals surface area contributed by atoms with Crippen LogP contribution in [0.15, 0.2) is 29.3 Å². The summed E-state index contributed by atoms with van der Waals surface area (Å²) in [5.74, 6) is 2.82. The highest BCUT2D eigenvalue weighted by Crippen LogP contribution is 2.42. The van der Waals surface area contributed by atoms with Gasteiger partial charge in [-0.1, -0.05) is 32.1 Å². The molecule has 0 radical (unpaired) electrons. The Balaban J connectivity index is 2.15. The number of nitrogens with zero attached hydrogens (tertiary/aromatic N) is 3. The molecule has 0 aliphatic carbocycles. The average molecular weight is 444 g/mol. The van der Waals surface area contributed by atoms with Crippen LogP contribution in [0, 0.1) is 5.41 Å². The molecule has 2 fully saturated rings. The number of thiocarbonyl (C=S) groups is 1. The van der Waals surface area contributed by atoms with Gasteiger partial charge in [0.25, 0.3) is 0 Å². The van der Waals surface area contributed by atoms with Gasteiger partial charge in [-0.25, -0.2) is 0 Å². The monoisotopic (exact) mass is 443 g/mol. The summed E-state index contributed by atoms with van der Waals surface area (Å²) in [5.41, 5.74) is -1.05. The van der Waals surface area contributed by atoms with Crippen LogP contribution in [0.4, 0.5) is 18.9 Å². The predicted molar refractivity (Wildman–Crippen MR) is 120 cm³/mol. The molecule has 29 heavy (non-hydrogen) atoms. The molecular weight excluding hydrogens is 415 g/mol. The van der Waals surface area contributed by atoms with E-state index in [0.717, 1.165) is 36.5 Å². The lowest BCUT2D eigenvalue weighted by molar-refractivity contribution is -0.137. The van der Waals surface area contributed by atoms with E-state index in [9.17, 15) is 13.2 Å². The first kappa shape index (κ1) is 22.6. The van der Waals surface area contributed by atoms with Crippen molar-refractivity contribution in [2.24, 2.45) is 10.4 Å². The molecule has 2 saturated heterocycles. The summed E-state index contributed by atoms with van der Waals surface area (Å²) in [6, 6.07) is 5.32. The molecule has 1 atom stereocenters. The molecule has 1 unspecified atom stereocenters. The van der Waals surface area contributed by atoms with E-state index in [0.29, 0.717) is 10.7 Å². The standard InChI is InChI=1S/C21H28F3N3S2/c1-19(2,3)25-17-16(26-9-11-29-12-10-26)20(4,5)18(28)27(17)15-8-6-7-14(13-15)21(22,23)24/h6-8,13,16H,9-12H2,1-5H3. The molecule has 1 aromatic rings. The van der Waals surface area contributed by atoms with Crippen LogP contribution in [0.2, 0.25) is 0 Å². The molecule has 2 heterocycles. The lowest BCUT2D eigenvalue weighted by atomic mass is 9.85. The van der Waals surface area contributed by atoms with Crippen molar-refractivity contribution in [1.29, 1.82) is 0 Å². The van der Waals surface area contributed by atoms with Crippen molar-refractivity contribution in [3.8, 4) is 0 Å². The van der Waals surface area contributed by atoms with Gasteiger partial charge in [0.2, 0.25) is 0 Å². The van der Waals surface area contributed by atoms with Gasteiger partial charge >= 0.3 is 6.18 Å². The summed E-state index contributed by atoms with van der Waals surface area (Å²) >= 11 is 7.76. The molecule has 2 aliphatic heterocycles. The summed E-state index contributed by atoms with van der Waals surface area (Å²) in [5, 5.41) is 0. The molecular formula is C21H28F3N3S2. The first-order valence-corrected chi connectivity index (χ1v) is 11.3. The van der Waals surface area contributed by atoms with Crippen LogP contribution in [0.1, 0.15) is 40.2 Å². The number of aliphatic imine (C=N–C) groups is 1. The fourth-order valence-corrected chi connectivity index (χ4v) is 5.18. The quantitative estimate of drug-likeness (QED) is 0.562. The molecule has 0 spiro atoms. The van der Waals surface area contributed by atoms with Gasteiger partial charge in [-0.05, 0) is 39.0 Å². The second kappa shape index (κ2) is 7.85. The third-order valence-electron chi connectivity index (χ3n) is 5.20. The maximum Gasteiger partial charge on any atom is 0.416 e. The third-order valence-corrected chi connectivity index (χ3v) is 6.86. The Bertz CT molecular complexity index is 806. The molecule has 8 heteroatoms. The number of hydrogen-bond acceptors (Lipinski definition) is 4. The Labute approximate surface area is 180 Å². The summed E-state index contributed by atoms with van der Waals surface area (Å²) < 4.78 is 40.0. The van der Waals surface area contributed by atoms with Crippen molar-refractivity contribution in [3.63, 3.8) is 0 Å². The minimum absolute atomic E-state index is 0.0651. The van der Waals surface area contributed by atoms with E-state index in [-0.39, 0.29) is 11.6 Å². The van der Waals surface area contributed by atoms with Gasteiger partial charge in [-0.2, -0.15) is 24.9 Å². The molecule has 0 saturated carbocycles. The molecule has 0 amide bonds. The van der Waals surface area contributed by atoms with Gasteiger partial charge in [0.05, 0.1) is 22.1 Å². The Kier molecular flexibility index (Phi) is 6.11. The minimum atomic E-state index is -4.41. The normalized spacial score (nSPS) is 25.1. The highest BCUT2D eigenvalue weighted by Gasteiger charge is 2.52. The number of alkyl halides is 3. The number of hydrogen-bond donors (Lipinski definition) is 0. The topological polar surface area (TPSA) is 18.8 Å². The van der Waals surface area contributed by atoms with E-state index in [1.54, 1.807) is 11.0 Å². The first-order valence-electron chi connectivity index (χ1n) is 9.76.